The summed E-state index contributed by atoms with van der Waals surface area (Å²) in [5, 5.41) is 2.85. The van der Waals surface area contributed by atoms with Crippen molar-refractivity contribution in [3.8, 4) is 5.75 Å². The van der Waals surface area contributed by atoms with Crippen LogP contribution in [0, 0.1) is 0 Å². The predicted octanol–water partition coefficient (Wildman–Crippen LogP) is 1.48. The summed E-state index contributed by atoms with van der Waals surface area (Å²) >= 11 is 0. The molecule has 0 aliphatic heterocycles. The number of nitrogens with one attached hydrogen (secondary N) is 1. The van der Waals surface area contributed by atoms with E-state index in [4.69, 9.17) is 10.5 Å². The van der Waals surface area contributed by atoms with E-state index in [-0.39, 0.29) is 5.91 Å². The van der Waals surface area contributed by atoms with Crippen molar-refractivity contribution in [3.63, 3.8) is 0 Å². The monoisotopic (exact) mass is 250 g/mol. The molecular formula is C14H22N2O2. The second-order valence-corrected chi connectivity index (χ2v) is 4.25. The lowest BCUT2D eigenvalue weighted by molar-refractivity contribution is -0.122. The van der Waals surface area contributed by atoms with Gasteiger partial charge in [0.2, 0.25) is 5.91 Å². The Hall–Kier alpha value is -1.55. The molecule has 0 aliphatic rings. The summed E-state index contributed by atoms with van der Waals surface area (Å²) in [6.45, 7) is 2.60. The molecule has 18 heavy (non-hydrogen) atoms. The maximum Gasteiger partial charge on any atom is 0.236 e. The van der Waals surface area contributed by atoms with Crippen LogP contribution in [-0.4, -0.2) is 25.6 Å². The standard InChI is InChI=1S/C14H22N2O2/c1-3-6-12(15)14(17)16-10-9-11-7-4-5-8-13(11)18-2/h4-5,7-8,12H,3,6,9-10,15H2,1-2H3,(H,16,17). The van der Waals surface area contributed by atoms with Gasteiger partial charge >= 0.3 is 0 Å². The Bertz CT molecular complexity index is 380. The van der Waals surface area contributed by atoms with Gasteiger partial charge in [-0.1, -0.05) is 31.5 Å². The Morgan fingerprint density at radius 2 is 2.17 bits per heavy atom. The highest BCUT2D eigenvalue weighted by Crippen LogP contribution is 2.17. The zero-order valence-electron chi connectivity index (χ0n) is 11.1. The maximum absolute atomic E-state index is 11.6. The van der Waals surface area contributed by atoms with E-state index in [9.17, 15) is 4.79 Å². The van der Waals surface area contributed by atoms with Gasteiger partial charge in [0.1, 0.15) is 5.75 Å². The highest BCUT2D eigenvalue weighted by Gasteiger charge is 2.11. The lowest BCUT2D eigenvalue weighted by atomic mass is 10.1. The molecule has 0 radical (unpaired) electrons. The second kappa shape index (κ2) is 7.71. The molecule has 1 aromatic carbocycles. The first-order valence-electron chi connectivity index (χ1n) is 6.34. The highest BCUT2D eigenvalue weighted by atomic mass is 16.5. The van der Waals surface area contributed by atoms with Crippen LogP contribution in [0.4, 0.5) is 0 Å². The minimum atomic E-state index is -0.396. The third kappa shape index (κ3) is 4.37. The van der Waals surface area contributed by atoms with Gasteiger partial charge in [0, 0.05) is 6.54 Å². The lowest BCUT2D eigenvalue weighted by Crippen LogP contribution is -2.41. The molecule has 0 fully saturated rings. The van der Waals surface area contributed by atoms with Gasteiger partial charge in [0.15, 0.2) is 0 Å². The molecule has 0 aromatic heterocycles. The predicted molar refractivity (Wildman–Crippen MR) is 72.6 cm³/mol. The van der Waals surface area contributed by atoms with Crippen molar-refractivity contribution in [1.29, 1.82) is 0 Å². The smallest absolute Gasteiger partial charge is 0.236 e. The Labute approximate surface area is 109 Å². The molecule has 1 atom stereocenters. The fourth-order valence-electron chi connectivity index (χ4n) is 1.80. The summed E-state index contributed by atoms with van der Waals surface area (Å²) in [5.74, 6) is 0.774. The Balaban J connectivity index is 2.39. The van der Waals surface area contributed by atoms with E-state index in [1.54, 1.807) is 7.11 Å². The van der Waals surface area contributed by atoms with Crippen LogP contribution in [0.3, 0.4) is 0 Å². The van der Waals surface area contributed by atoms with Crippen LogP contribution in [0.5, 0.6) is 5.75 Å². The van der Waals surface area contributed by atoms with Crippen LogP contribution >= 0.6 is 0 Å². The molecule has 1 amide bonds. The number of nitrogens with two attached hydrogens (primary N) is 1. The summed E-state index contributed by atoms with van der Waals surface area (Å²) in [4.78, 5) is 11.6. The number of methoxy groups -OCH3 is 1. The first-order chi connectivity index (χ1) is 8.69. The Morgan fingerprint density at radius 1 is 1.44 bits per heavy atom. The molecule has 1 aromatic rings. The second-order valence-electron chi connectivity index (χ2n) is 4.25. The van der Waals surface area contributed by atoms with Gasteiger partial charge in [0.25, 0.3) is 0 Å². The van der Waals surface area contributed by atoms with E-state index in [1.165, 1.54) is 0 Å². The van der Waals surface area contributed by atoms with E-state index in [1.807, 2.05) is 31.2 Å². The third-order valence-corrected chi connectivity index (χ3v) is 2.82. The number of para-hydroxylation sites is 1. The van der Waals surface area contributed by atoms with Crippen LogP contribution < -0.4 is 15.8 Å². The molecule has 0 bridgehead atoms. The molecule has 0 heterocycles. The summed E-state index contributed by atoms with van der Waals surface area (Å²) < 4.78 is 5.25. The highest BCUT2D eigenvalue weighted by molar-refractivity contribution is 5.81. The van der Waals surface area contributed by atoms with E-state index in [2.05, 4.69) is 5.32 Å². The van der Waals surface area contributed by atoms with Crippen molar-refractivity contribution < 1.29 is 9.53 Å². The fourth-order valence-corrected chi connectivity index (χ4v) is 1.80. The molecule has 1 rings (SSSR count). The average molecular weight is 250 g/mol. The van der Waals surface area contributed by atoms with Crippen LogP contribution in [0.2, 0.25) is 0 Å². The van der Waals surface area contributed by atoms with Crippen molar-refractivity contribution in [1.82, 2.24) is 5.32 Å². The molecule has 100 valence electrons. The zero-order chi connectivity index (χ0) is 13.4. The van der Waals surface area contributed by atoms with Gasteiger partial charge in [-0.05, 0) is 24.5 Å². The summed E-state index contributed by atoms with van der Waals surface area (Å²) in [5.41, 5.74) is 6.81. The minimum absolute atomic E-state index is 0.0771. The number of carbonyl (C=O) groups is 1. The largest absolute Gasteiger partial charge is 0.496 e. The first kappa shape index (κ1) is 14.5. The molecule has 0 saturated heterocycles. The Kier molecular flexibility index (Phi) is 6.22. The van der Waals surface area contributed by atoms with Gasteiger partial charge < -0.3 is 15.8 Å². The topological polar surface area (TPSA) is 64.4 Å². The first-order valence-corrected chi connectivity index (χ1v) is 6.34. The average Bonchev–Trinajstić information content (AvgIpc) is 2.39. The van der Waals surface area contributed by atoms with E-state index in [0.29, 0.717) is 6.54 Å². The van der Waals surface area contributed by atoms with Gasteiger partial charge in [-0.3, -0.25) is 4.79 Å². The number of carbonyl (C=O) groups excluding carboxylic acids is 1. The van der Waals surface area contributed by atoms with E-state index in [0.717, 1.165) is 30.6 Å². The molecule has 4 heteroatoms. The minimum Gasteiger partial charge on any atom is -0.496 e. The third-order valence-electron chi connectivity index (χ3n) is 2.82. The number of hydrogen-bond acceptors (Lipinski definition) is 3. The summed E-state index contributed by atoms with van der Waals surface area (Å²) in [6, 6.07) is 7.41. The molecule has 0 aliphatic carbocycles. The zero-order valence-corrected chi connectivity index (χ0v) is 11.1. The summed E-state index contributed by atoms with van der Waals surface area (Å²) in [7, 11) is 1.65. The number of amides is 1. The lowest BCUT2D eigenvalue weighted by Gasteiger charge is -2.12. The normalized spacial score (nSPS) is 11.9. The van der Waals surface area contributed by atoms with Crippen LogP contribution in [0.15, 0.2) is 24.3 Å². The number of rotatable bonds is 7. The molecule has 1 unspecified atom stereocenters. The van der Waals surface area contributed by atoms with Crippen molar-refractivity contribution in [2.75, 3.05) is 13.7 Å². The molecule has 3 N–H and O–H groups in total. The van der Waals surface area contributed by atoms with Crippen LogP contribution in [0.1, 0.15) is 25.3 Å². The maximum atomic E-state index is 11.6. The van der Waals surface area contributed by atoms with Crippen molar-refractivity contribution >= 4 is 5.91 Å². The van der Waals surface area contributed by atoms with Gasteiger partial charge in [-0.2, -0.15) is 0 Å². The molecule has 4 nitrogen and oxygen atoms in total. The summed E-state index contributed by atoms with van der Waals surface area (Å²) in [6.07, 6.45) is 2.39. The number of benzene rings is 1. The van der Waals surface area contributed by atoms with Gasteiger partial charge in [0.05, 0.1) is 13.2 Å². The van der Waals surface area contributed by atoms with Gasteiger partial charge in [-0.15, -0.1) is 0 Å². The van der Waals surface area contributed by atoms with E-state index < -0.39 is 6.04 Å². The van der Waals surface area contributed by atoms with Crippen LogP contribution in [-0.2, 0) is 11.2 Å². The number of ether oxygens (including phenoxy) is 1. The molecule has 0 saturated carbocycles. The molecular weight excluding hydrogens is 228 g/mol. The quantitative estimate of drug-likeness (QED) is 0.770. The van der Waals surface area contributed by atoms with Crippen molar-refractivity contribution in [2.24, 2.45) is 5.73 Å². The number of hydrogen-bond donors (Lipinski definition) is 2. The van der Waals surface area contributed by atoms with Crippen molar-refractivity contribution in [2.45, 2.75) is 32.2 Å². The van der Waals surface area contributed by atoms with E-state index >= 15 is 0 Å². The SMILES string of the molecule is CCCC(N)C(=O)NCCc1ccccc1OC. The fraction of sp³-hybridized carbons (Fsp3) is 0.500. The van der Waals surface area contributed by atoms with Crippen LogP contribution in [0.25, 0.3) is 0 Å². The van der Waals surface area contributed by atoms with Gasteiger partial charge in [-0.25, -0.2) is 0 Å². The van der Waals surface area contributed by atoms with Crippen molar-refractivity contribution in [3.05, 3.63) is 29.8 Å². The molecule has 0 spiro atoms. The Morgan fingerprint density at radius 3 is 2.83 bits per heavy atom.